The number of nitrogens with two attached hydrogens (primary N) is 1. The summed E-state index contributed by atoms with van der Waals surface area (Å²) >= 11 is 0. The fraction of sp³-hybridized carbons (Fsp3) is 0.250. The van der Waals surface area contributed by atoms with Gasteiger partial charge in [0.05, 0.1) is 17.9 Å². The lowest BCUT2D eigenvalue weighted by molar-refractivity contribution is -0.137. The van der Waals surface area contributed by atoms with Crippen LogP contribution in [0.3, 0.4) is 0 Å². The Hall–Kier alpha value is -2.22. The van der Waals surface area contributed by atoms with Crippen molar-refractivity contribution in [1.82, 2.24) is 4.98 Å². The van der Waals surface area contributed by atoms with E-state index in [-0.39, 0.29) is 17.7 Å². The highest BCUT2D eigenvalue weighted by Crippen LogP contribution is 2.32. The van der Waals surface area contributed by atoms with Gasteiger partial charge in [0, 0.05) is 0 Å². The van der Waals surface area contributed by atoms with Crippen molar-refractivity contribution in [1.29, 1.82) is 0 Å². The number of nitrogens with zero attached hydrogens (tertiary/aromatic N) is 1. The summed E-state index contributed by atoms with van der Waals surface area (Å²) < 4.78 is 43.4. The van der Waals surface area contributed by atoms with Gasteiger partial charge in [-0.1, -0.05) is 0 Å². The minimum absolute atomic E-state index is 0.0525. The average Bonchev–Trinajstić information content (AvgIpc) is 2.91. The summed E-state index contributed by atoms with van der Waals surface area (Å²) in [6, 6.07) is 4.84. The fourth-order valence-electron chi connectivity index (χ4n) is 1.67. The largest absolute Gasteiger partial charge is 0.467 e. The van der Waals surface area contributed by atoms with Crippen LogP contribution in [0, 0.1) is 0 Å². The summed E-state index contributed by atoms with van der Waals surface area (Å²) in [5, 5.41) is 2.83. The second-order valence-corrected chi connectivity index (χ2v) is 4.15. The number of hydrazine groups is 1. The van der Waals surface area contributed by atoms with E-state index in [1.54, 1.807) is 19.1 Å². The molecule has 2 rings (SSSR count). The maximum Gasteiger partial charge on any atom is 0.416 e. The van der Waals surface area contributed by atoms with Crippen LogP contribution in [0.4, 0.5) is 24.8 Å². The third-order valence-corrected chi connectivity index (χ3v) is 2.63. The summed E-state index contributed by atoms with van der Waals surface area (Å²) in [6.45, 7) is 1.75. The SMILES string of the molecule is CC(Nc1cc(C(F)(F)F)cc(NN)n1)c1ccco1. The standard InChI is InChI=1S/C12H13F3N4O/c1-7(9-3-2-4-20-9)17-10-5-8(12(13,14)15)6-11(18-10)19-16/h2-7H,16H2,1H3,(H2,17,18,19). The van der Waals surface area contributed by atoms with E-state index in [4.69, 9.17) is 10.3 Å². The van der Waals surface area contributed by atoms with Gasteiger partial charge in [-0.2, -0.15) is 13.2 Å². The van der Waals surface area contributed by atoms with Gasteiger partial charge in [0.15, 0.2) is 0 Å². The van der Waals surface area contributed by atoms with E-state index in [0.29, 0.717) is 5.76 Å². The summed E-state index contributed by atoms with van der Waals surface area (Å²) in [5.74, 6) is 5.70. The molecule has 8 heteroatoms. The van der Waals surface area contributed by atoms with E-state index in [0.717, 1.165) is 12.1 Å². The monoisotopic (exact) mass is 286 g/mol. The van der Waals surface area contributed by atoms with Crippen molar-refractivity contribution in [2.45, 2.75) is 19.1 Å². The van der Waals surface area contributed by atoms with Crippen LogP contribution in [-0.4, -0.2) is 4.98 Å². The van der Waals surface area contributed by atoms with Crippen molar-refractivity contribution in [3.05, 3.63) is 41.9 Å². The van der Waals surface area contributed by atoms with Gasteiger partial charge in [-0.05, 0) is 31.2 Å². The van der Waals surface area contributed by atoms with Crippen LogP contribution < -0.4 is 16.6 Å². The zero-order valence-electron chi connectivity index (χ0n) is 10.5. The van der Waals surface area contributed by atoms with E-state index in [9.17, 15) is 13.2 Å². The number of rotatable bonds is 4. The number of nitrogens with one attached hydrogen (secondary N) is 2. The molecular weight excluding hydrogens is 273 g/mol. The molecule has 0 fully saturated rings. The molecule has 0 spiro atoms. The first-order valence-corrected chi connectivity index (χ1v) is 5.76. The van der Waals surface area contributed by atoms with E-state index >= 15 is 0 Å². The summed E-state index contributed by atoms with van der Waals surface area (Å²) in [5.41, 5.74) is 1.27. The van der Waals surface area contributed by atoms with Crippen molar-refractivity contribution >= 4 is 11.6 Å². The Balaban J connectivity index is 2.27. The molecule has 0 aromatic carbocycles. The van der Waals surface area contributed by atoms with Crippen molar-refractivity contribution in [3.63, 3.8) is 0 Å². The predicted octanol–water partition coefficient (Wildman–Crippen LogP) is 3.15. The maximum absolute atomic E-state index is 12.8. The second-order valence-electron chi connectivity index (χ2n) is 4.15. The molecule has 5 nitrogen and oxygen atoms in total. The first-order chi connectivity index (χ1) is 9.40. The molecule has 0 aliphatic heterocycles. The van der Waals surface area contributed by atoms with Crippen LogP contribution in [0.15, 0.2) is 34.9 Å². The fourth-order valence-corrected chi connectivity index (χ4v) is 1.67. The lowest BCUT2D eigenvalue weighted by Crippen LogP contribution is -2.15. The number of aromatic nitrogens is 1. The molecule has 1 atom stereocenters. The Bertz CT molecular complexity index is 569. The molecule has 0 aliphatic rings. The van der Waals surface area contributed by atoms with Gasteiger partial charge in [-0.3, -0.25) is 0 Å². The minimum atomic E-state index is -4.47. The maximum atomic E-state index is 12.8. The number of nitrogen functional groups attached to an aromatic ring is 1. The molecule has 0 saturated heterocycles. The number of furan rings is 1. The van der Waals surface area contributed by atoms with Crippen LogP contribution in [0.1, 0.15) is 24.3 Å². The molecule has 1 unspecified atom stereocenters. The zero-order chi connectivity index (χ0) is 14.8. The molecule has 0 bridgehead atoms. The van der Waals surface area contributed by atoms with Gasteiger partial charge < -0.3 is 15.2 Å². The van der Waals surface area contributed by atoms with Crippen LogP contribution in [0.25, 0.3) is 0 Å². The molecule has 2 heterocycles. The molecule has 4 N–H and O–H groups in total. The third-order valence-electron chi connectivity index (χ3n) is 2.63. The van der Waals surface area contributed by atoms with Crippen LogP contribution in [0.5, 0.6) is 0 Å². The van der Waals surface area contributed by atoms with Crippen molar-refractivity contribution < 1.29 is 17.6 Å². The Kier molecular flexibility index (Phi) is 3.84. The number of hydrogen-bond acceptors (Lipinski definition) is 5. The van der Waals surface area contributed by atoms with E-state index in [1.807, 2.05) is 0 Å². The van der Waals surface area contributed by atoms with Gasteiger partial charge in [-0.15, -0.1) is 0 Å². The molecule has 0 radical (unpaired) electrons. The predicted molar refractivity (Wildman–Crippen MR) is 67.8 cm³/mol. The number of hydrogen-bond donors (Lipinski definition) is 3. The molecule has 0 aliphatic carbocycles. The Morgan fingerprint density at radius 2 is 2.00 bits per heavy atom. The molecule has 0 saturated carbocycles. The zero-order valence-corrected chi connectivity index (χ0v) is 10.5. The first-order valence-electron chi connectivity index (χ1n) is 5.76. The van der Waals surface area contributed by atoms with E-state index in [2.05, 4.69) is 15.7 Å². The van der Waals surface area contributed by atoms with Gasteiger partial charge in [0.2, 0.25) is 0 Å². The number of pyridine rings is 1. The van der Waals surface area contributed by atoms with Gasteiger partial charge in [0.1, 0.15) is 17.4 Å². The number of halogens is 3. The summed E-state index contributed by atoms with van der Waals surface area (Å²) in [6.07, 6.45) is -2.99. The topological polar surface area (TPSA) is 76.1 Å². The smallest absolute Gasteiger partial charge is 0.416 e. The number of anilines is 2. The molecular formula is C12H13F3N4O. The van der Waals surface area contributed by atoms with Crippen LogP contribution >= 0.6 is 0 Å². The van der Waals surface area contributed by atoms with Gasteiger partial charge in [0.25, 0.3) is 0 Å². The highest BCUT2D eigenvalue weighted by atomic mass is 19.4. The summed E-state index contributed by atoms with van der Waals surface area (Å²) in [4.78, 5) is 3.93. The van der Waals surface area contributed by atoms with Crippen molar-refractivity contribution in [2.75, 3.05) is 10.7 Å². The Labute approximate surface area is 113 Å². The van der Waals surface area contributed by atoms with Crippen molar-refractivity contribution in [3.8, 4) is 0 Å². The molecule has 2 aromatic heterocycles. The molecule has 2 aromatic rings. The lowest BCUT2D eigenvalue weighted by atomic mass is 10.2. The van der Waals surface area contributed by atoms with Crippen LogP contribution in [0.2, 0.25) is 0 Å². The highest BCUT2D eigenvalue weighted by Gasteiger charge is 2.31. The van der Waals surface area contributed by atoms with Crippen molar-refractivity contribution in [2.24, 2.45) is 5.84 Å². The second kappa shape index (κ2) is 5.41. The minimum Gasteiger partial charge on any atom is -0.467 e. The lowest BCUT2D eigenvalue weighted by Gasteiger charge is -2.15. The molecule has 0 amide bonds. The van der Waals surface area contributed by atoms with E-state index < -0.39 is 11.7 Å². The normalized spacial score (nSPS) is 13.1. The Morgan fingerprint density at radius 1 is 1.30 bits per heavy atom. The average molecular weight is 286 g/mol. The van der Waals surface area contributed by atoms with Gasteiger partial charge in [-0.25, -0.2) is 10.8 Å². The van der Waals surface area contributed by atoms with E-state index in [1.165, 1.54) is 6.26 Å². The quantitative estimate of drug-likeness (QED) is 0.594. The third kappa shape index (κ3) is 3.21. The summed E-state index contributed by atoms with van der Waals surface area (Å²) in [7, 11) is 0. The van der Waals surface area contributed by atoms with Gasteiger partial charge >= 0.3 is 6.18 Å². The number of alkyl halides is 3. The molecule has 20 heavy (non-hydrogen) atoms. The Morgan fingerprint density at radius 3 is 2.55 bits per heavy atom. The first kappa shape index (κ1) is 14.2. The highest BCUT2D eigenvalue weighted by molar-refractivity contribution is 5.50. The molecule has 108 valence electrons. The van der Waals surface area contributed by atoms with Crippen LogP contribution in [-0.2, 0) is 6.18 Å².